The molecule has 0 fully saturated rings. The zero-order chi connectivity index (χ0) is 15.4. The van der Waals surface area contributed by atoms with Crippen molar-refractivity contribution in [3.63, 3.8) is 0 Å². The van der Waals surface area contributed by atoms with E-state index in [4.69, 9.17) is 4.74 Å². The van der Waals surface area contributed by atoms with E-state index in [1.54, 1.807) is 6.07 Å². The summed E-state index contributed by atoms with van der Waals surface area (Å²) in [6, 6.07) is 14.2. The topological polar surface area (TPSA) is 38.3 Å². The van der Waals surface area contributed by atoms with Crippen LogP contribution in [-0.4, -0.2) is 13.1 Å². The molecule has 0 aliphatic heterocycles. The molecule has 0 heterocycles. The molecule has 0 aliphatic carbocycles. The van der Waals surface area contributed by atoms with Gasteiger partial charge >= 0.3 is 5.97 Å². The molecule has 0 spiro atoms. The number of carbonyl (C=O) groups excluding carboxylic acids is 1. The van der Waals surface area contributed by atoms with Crippen molar-refractivity contribution in [1.82, 2.24) is 0 Å². The van der Waals surface area contributed by atoms with Gasteiger partial charge in [0.2, 0.25) is 0 Å². The Morgan fingerprint density at radius 1 is 1.10 bits per heavy atom. The summed E-state index contributed by atoms with van der Waals surface area (Å²) in [6.07, 6.45) is 0. The molecular formula is C18H21NO2. The molecule has 0 saturated carbocycles. The van der Waals surface area contributed by atoms with Crippen molar-refractivity contribution in [1.29, 1.82) is 0 Å². The maximum Gasteiger partial charge on any atom is 0.337 e. The SMILES string of the molecule is COC(=O)c1ccc(C)c(NC(C)c2ccc(C)cc2)c1. The molecule has 0 aromatic heterocycles. The molecule has 0 aliphatic rings. The van der Waals surface area contributed by atoms with Gasteiger partial charge in [-0.15, -0.1) is 0 Å². The normalized spacial score (nSPS) is 11.8. The van der Waals surface area contributed by atoms with Gasteiger partial charge in [-0.1, -0.05) is 35.9 Å². The number of ether oxygens (including phenoxy) is 1. The molecule has 0 saturated heterocycles. The maximum atomic E-state index is 11.6. The first-order valence-corrected chi connectivity index (χ1v) is 7.03. The van der Waals surface area contributed by atoms with Crippen LogP contribution in [0.2, 0.25) is 0 Å². The fourth-order valence-electron chi connectivity index (χ4n) is 2.19. The minimum Gasteiger partial charge on any atom is -0.465 e. The Kier molecular flexibility index (Phi) is 4.63. The van der Waals surface area contributed by atoms with Crippen molar-refractivity contribution in [3.05, 3.63) is 64.7 Å². The Bertz CT molecular complexity index is 632. The predicted octanol–water partition coefficient (Wildman–Crippen LogP) is 4.26. The predicted molar refractivity (Wildman–Crippen MR) is 85.7 cm³/mol. The van der Waals surface area contributed by atoms with Crippen LogP contribution < -0.4 is 5.32 Å². The highest BCUT2D eigenvalue weighted by molar-refractivity contribution is 5.90. The third-order valence-electron chi connectivity index (χ3n) is 3.61. The summed E-state index contributed by atoms with van der Waals surface area (Å²) < 4.78 is 4.77. The summed E-state index contributed by atoms with van der Waals surface area (Å²) in [5.41, 5.74) is 5.06. The first-order valence-electron chi connectivity index (χ1n) is 7.03. The summed E-state index contributed by atoms with van der Waals surface area (Å²) >= 11 is 0. The van der Waals surface area contributed by atoms with E-state index in [0.29, 0.717) is 5.56 Å². The van der Waals surface area contributed by atoms with E-state index in [2.05, 4.69) is 43.4 Å². The fourth-order valence-corrected chi connectivity index (χ4v) is 2.19. The first-order chi connectivity index (χ1) is 10.0. The van der Waals surface area contributed by atoms with Crippen molar-refractivity contribution in [2.75, 3.05) is 12.4 Å². The average molecular weight is 283 g/mol. The lowest BCUT2D eigenvalue weighted by molar-refractivity contribution is 0.0601. The van der Waals surface area contributed by atoms with Gasteiger partial charge in [0.25, 0.3) is 0 Å². The first kappa shape index (κ1) is 15.1. The van der Waals surface area contributed by atoms with Crippen molar-refractivity contribution >= 4 is 11.7 Å². The number of esters is 1. The van der Waals surface area contributed by atoms with E-state index in [0.717, 1.165) is 11.3 Å². The molecule has 2 rings (SSSR count). The van der Waals surface area contributed by atoms with Crippen molar-refractivity contribution in [2.24, 2.45) is 0 Å². The number of nitrogens with one attached hydrogen (secondary N) is 1. The van der Waals surface area contributed by atoms with Gasteiger partial charge in [0.05, 0.1) is 12.7 Å². The highest BCUT2D eigenvalue weighted by Crippen LogP contribution is 2.24. The molecular weight excluding hydrogens is 262 g/mol. The van der Waals surface area contributed by atoms with Crippen LogP contribution in [0.1, 0.15) is 40.0 Å². The maximum absolute atomic E-state index is 11.6. The van der Waals surface area contributed by atoms with Crippen LogP contribution >= 0.6 is 0 Å². The molecule has 0 radical (unpaired) electrons. The van der Waals surface area contributed by atoms with E-state index in [9.17, 15) is 4.79 Å². The number of rotatable bonds is 4. The lowest BCUT2D eigenvalue weighted by atomic mass is 10.0. The summed E-state index contributed by atoms with van der Waals surface area (Å²) in [5, 5.41) is 3.46. The zero-order valence-electron chi connectivity index (χ0n) is 12.9. The molecule has 0 amide bonds. The van der Waals surface area contributed by atoms with E-state index >= 15 is 0 Å². The monoisotopic (exact) mass is 283 g/mol. The van der Waals surface area contributed by atoms with Gasteiger partial charge in [0, 0.05) is 11.7 Å². The number of hydrogen-bond donors (Lipinski definition) is 1. The summed E-state index contributed by atoms with van der Waals surface area (Å²) in [5.74, 6) is -0.318. The molecule has 1 unspecified atom stereocenters. The lowest BCUT2D eigenvalue weighted by Crippen LogP contribution is -2.09. The smallest absolute Gasteiger partial charge is 0.337 e. The molecule has 3 nitrogen and oxygen atoms in total. The van der Waals surface area contributed by atoms with Crippen molar-refractivity contribution in [2.45, 2.75) is 26.8 Å². The Balaban J connectivity index is 2.22. The molecule has 1 N–H and O–H groups in total. The minimum atomic E-state index is -0.318. The minimum absolute atomic E-state index is 0.164. The largest absolute Gasteiger partial charge is 0.465 e. The van der Waals surface area contributed by atoms with Crippen LogP contribution in [0, 0.1) is 13.8 Å². The molecule has 2 aromatic carbocycles. The number of hydrogen-bond acceptors (Lipinski definition) is 3. The van der Waals surface area contributed by atoms with Crippen LogP contribution in [0.25, 0.3) is 0 Å². The van der Waals surface area contributed by atoms with Gasteiger partial charge in [0.15, 0.2) is 0 Å². The van der Waals surface area contributed by atoms with Gasteiger partial charge in [-0.2, -0.15) is 0 Å². The lowest BCUT2D eigenvalue weighted by Gasteiger charge is -2.18. The molecule has 3 heteroatoms. The molecule has 2 aromatic rings. The number of methoxy groups -OCH3 is 1. The number of benzene rings is 2. The highest BCUT2D eigenvalue weighted by atomic mass is 16.5. The van der Waals surface area contributed by atoms with Crippen LogP contribution in [0.15, 0.2) is 42.5 Å². The van der Waals surface area contributed by atoms with Gasteiger partial charge in [-0.3, -0.25) is 0 Å². The van der Waals surface area contributed by atoms with E-state index in [1.807, 2.05) is 19.1 Å². The van der Waals surface area contributed by atoms with E-state index < -0.39 is 0 Å². The van der Waals surface area contributed by atoms with Crippen LogP contribution in [0.4, 0.5) is 5.69 Å². The third-order valence-corrected chi connectivity index (χ3v) is 3.61. The van der Waals surface area contributed by atoms with Crippen LogP contribution in [0.3, 0.4) is 0 Å². The number of anilines is 1. The van der Waals surface area contributed by atoms with Crippen LogP contribution in [0.5, 0.6) is 0 Å². The van der Waals surface area contributed by atoms with Crippen molar-refractivity contribution < 1.29 is 9.53 Å². The van der Waals surface area contributed by atoms with Gasteiger partial charge in [0.1, 0.15) is 0 Å². The molecule has 21 heavy (non-hydrogen) atoms. The highest BCUT2D eigenvalue weighted by Gasteiger charge is 2.11. The summed E-state index contributed by atoms with van der Waals surface area (Å²) in [7, 11) is 1.39. The van der Waals surface area contributed by atoms with Gasteiger partial charge < -0.3 is 10.1 Å². The van der Waals surface area contributed by atoms with E-state index in [-0.39, 0.29) is 12.0 Å². The quantitative estimate of drug-likeness (QED) is 0.852. The van der Waals surface area contributed by atoms with E-state index in [1.165, 1.54) is 18.2 Å². The number of carbonyl (C=O) groups is 1. The summed E-state index contributed by atoms with van der Waals surface area (Å²) in [4.78, 5) is 11.6. The standard InChI is InChI=1S/C18H21NO2/c1-12-5-8-15(9-6-12)14(3)19-17-11-16(18(20)21-4)10-7-13(17)2/h5-11,14,19H,1-4H3. The second-order valence-corrected chi connectivity index (χ2v) is 5.30. The molecule has 0 bridgehead atoms. The fraction of sp³-hybridized carbons (Fsp3) is 0.278. The Morgan fingerprint density at radius 3 is 2.38 bits per heavy atom. The third kappa shape index (κ3) is 3.63. The van der Waals surface area contributed by atoms with Gasteiger partial charge in [-0.25, -0.2) is 4.79 Å². The summed E-state index contributed by atoms with van der Waals surface area (Å²) in [6.45, 7) is 6.20. The Morgan fingerprint density at radius 2 is 1.76 bits per heavy atom. The van der Waals surface area contributed by atoms with Crippen LogP contribution in [-0.2, 0) is 4.74 Å². The number of aryl methyl sites for hydroxylation is 2. The molecule has 1 atom stereocenters. The zero-order valence-corrected chi connectivity index (χ0v) is 12.9. The second-order valence-electron chi connectivity index (χ2n) is 5.30. The Hall–Kier alpha value is -2.29. The average Bonchev–Trinajstić information content (AvgIpc) is 2.49. The second kappa shape index (κ2) is 6.44. The van der Waals surface area contributed by atoms with Gasteiger partial charge in [-0.05, 0) is 44.0 Å². The Labute approximate surface area is 126 Å². The van der Waals surface area contributed by atoms with Crippen molar-refractivity contribution in [3.8, 4) is 0 Å². The molecule has 110 valence electrons.